The lowest BCUT2D eigenvalue weighted by Gasteiger charge is -2.27. The molecule has 1 heterocycles. The number of hydrogen-bond acceptors (Lipinski definition) is 1. The van der Waals surface area contributed by atoms with Gasteiger partial charge in [0.05, 0.1) is 6.61 Å². The summed E-state index contributed by atoms with van der Waals surface area (Å²) in [4.78, 5) is 0. The fraction of sp³-hybridized carbons (Fsp3) is 0.355. The van der Waals surface area contributed by atoms with Crippen molar-refractivity contribution in [3.8, 4) is 11.1 Å². The van der Waals surface area contributed by atoms with Crippen LogP contribution in [-0.4, -0.2) is 6.61 Å². The minimum Gasteiger partial charge on any atom is -0.368 e. The monoisotopic (exact) mass is 476 g/mol. The summed E-state index contributed by atoms with van der Waals surface area (Å²) in [6.07, 6.45) is 9.18. The Kier molecular flexibility index (Phi) is 7.10. The predicted octanol–water partition coefficient (Wildman–Crippen LogP) is 8.48. The molecule has 35 heavy (non-hydrogen) atoms. The van der Waals surface area contributed by atoms with Crippen LogP contribution in [0.4, 0.5) is 13.2 Å². The van der Waals surface area contributed by atoms with Gasteiger partial charge < -0.3 is 4.74 Å². The summed E-state index contributed by atoms with van der Waals surface area (Å²) in [5, 5.41) is 0. The molecule has 5 rings (SSSR count). The van der Waals surface area contributed by atoms with Gasteiger partial charge in [0.1, 0.15) is 11.9 Å². The summed E-state index contributed by atoms with van der Waals surface area (Å²) < 4.78 is 49.6. The van der Waals surface area contributed by atoms with E-state index in [0.29, 0.717) is 42.1 Å². The van der Waals surface area contributed by atoms with Crippen LogP contribution in [0.5, 0.6) is 0 Å². The van der Waals surface area contributed by atoms with Gasteiger partial charge in [-0.3, -0.25) is 0 Å². The summed E-state index contributed by atoms with van der Waals surface area (Å²) in [5.41, 5.74) is 4.13. The van der Waals surface area contributed by atoms with E-state index in [0.717, 1.165) is 42.4 Å². The standard InChI is InChI=1S/C31H31F3O/c1-2-3-20-4-11-23(12-5-20)27-17-14-24(30(33)31(27)34)13-8-21-6-9-22(10-7-21)26-16-15-25(18-28(26)32)29-19-35-29/h2-3,6-7,9-10,14-18,20,23,29H,4-5,8,11-13,19H2,1H3/b3-2+. The number of ether oxygens (including phenoxy) is 1. The van der Waals surface area contributed by atoms with E-state index in [-0.39, 0.29) is 17.8 Å². The summed E-state index contributed by atoms with van der Waals surface area (Å²) in [7, 11) is 0. The largest absolute Gasteiger partial charge is 0.368 e. The van der Waals surface area contributed by atoms with Crippen molar-refractivity contribution in [1.82, 2.24) is 0 Å². The highest BCUT2D eigenvalue weighted by atomic mass is 19.2. The summed E-state index contributed by atoms with van der Waals surface area (Å²) in [6, 6.07) is 16.4. The fourth-order valence-electron chi connectivity index (χ4n) is 5.34. The highest BCUT2D eigenvalue weighted by Crippen LogP contribution is 2.38. The van der Waals surface area contributed by atoms with Crippen molar-refractivity contribution < 1.29 is 17.9 Å². The molecule has 1 nitrogen and oxygen atoms in total. The Morgan fingerprint density at radius 1 is 0.857 bits per heavy atom. The van der Waals surface area contributed by atoms with E-state index in [2.05, 4.69) is 12.2 Å². The van der Waals surface area contributed by atoms with Crippen LogP contribution in [0.3, 0.4) is 0 Å². The van der Waals surface area contributed by atoms with Crippen LogP contribution in [0.2, 0.25) is 0 Å². The second-order valence-corrected chi connectivity index (χ2v) is 9.84. The lowest BCUT2D eigenvalue weighted by Crippen LogP contribution is -2.14. The molecule has 2 fully saturated rings. The van der Waals surface area contributed by atoms with Gasteiger partial charge in [0.2, 0.25) is 0 Å². The number of aryl methyl sites for hydroxylation is 2. The molecule has 0 amide bonds. The number of allylic oxidation sites excluding steroid dienone is 2. The average Bonchev–Trinajstić information content (AvgIpc) is 3.72. The van der Waals surface area contributed by atoms with Crippen molar-refractivity contribution in [2.75, 3.05) is 6.61 Å². The molecule has 1 saturated heterocycles. The van der Waals surface area contributed by atoms with Crippen molar-refractivity contribution in [3.63, 3.8) is 0 Å². The summed E-state index contributed by atoms with van der Waals surface area (Å²) in [5.74, 6) is -1.00. The van der Waals surface area contributed by atoms with Gasteiger partial charge in [0.15, 0.2) is 11.6 Å². The zero-order valence-electron chi connectivity index (χ0n) is 20.1. The van der Waals surface area contributed by atoms with Crippen molar-refractivity contribution in [1.29, 1.82) is 0 Å². The van der Waals surface area contributed by atoms with E-state index < -0.39 is 11.6 Å². The van der Waals surface area contributed by atoms with Gasteiger partial charge in [0, 0.05) is 5.56 Å². The number of benzene rings is 3. The Morgan fingerprint density at radius 2 is 1.60 bits per heavy atom. The third-order valence-corrected chi connectivity index (χ3v) is 7.51. The number of halogens is 3. The topological polar surface area (TPSA) is 12.5 Å². The highest BCUT2D eigenvalue weighted by Gasteiger charge is 2.26. The van der Waals surface area contributed by atoms with Crippen LogP contribution in [0, 0.1) is 23.4 Å². The first-order chi connectivity index (χ1) is 17.0. The van der Waals surface area contributed by atoms with E-state index in [4.69, 9.17) is 4.74 Å². The number of hydrogen-bond donors (Lipinski definition) is 0. The zero-order chi connectivity index (χ0) is 24.4. The first-order valence-corrected chi connectivity index (χ1v) is 12.6. The lowest BCUT2D eigenvalue weighted by molar-refractivity contribution is 0.363. The van der Waals surface area contributed by atoms with Crippen LogP contribution in [0.15, 0.2) is 66.7 Å². The van der Waals surface area contributed by atoms with Gasteiger partial charge >= 0.3 is 0 Å². The Bertz CT molecular complexity index is 1200. The van der Waals surface area contributed by atoms with Crippen LogP contribution in [0.1, 0.15) is 66.9 Å². The van der Waals surface area contributed by atoms with Gasteiger partial charge in [-0.05, 0) is 91.2 Å². The zero-order valence-corrected chi connectivity index (χ0v) is 20.1. The quantitative estimate of drug-likeness (QED) is 0.246. The molecule has 182 valence electrons. The van der Waals surface area contributed by atoms with Crippen molar-refractivity contribution in [3.05, 3.63) is 106 Å². The van der Waals surface area contributed by atoms with Gasteiger partial charge in [-0.2, -0.15) is 0 Å². The predicted molar refractivity (Wildman–Crippen MR) is 134 cm³/mol. The molecule has 1 saturated carbocycles. The Hall–Kier alpha value is -2.85. The average molecular weight is 477 g/mol. The second-order valence-electron chi connectivity index (χ2n) is 9.84. The van der Waals surface area contributed by atoms with Crippen molar-refractivity contribution in [2.24, 2.45) is 5.92 Å². The molecule has 1 aliphatic heterocycles. The molecule has 0 bridgehead atoms. The highest BCUT2D eigenvalue weighted by molar-refractivity contribution is 5.65. The Morgan fingerprint density at radius 3 is 2.26 bits per heavy atom. The van der Waals surface area contributed by atoms with Gasteiger partial charge in [-0.1, -0.05) is 60.7 Å². The van der Waals surface area contributed by atoms with Crippen LogP contribution in [-0.2, 0) is 17.6 Å². The molecule has 1 atom stereocenters. The SMILES string of the molecule is C/C=C/C1CCC(c2ccc(CCc3ccc(-c4ccc(C5CO5)cc4F)cc3)c(F)c2F)CC1. The maximum Gasteiger partial charge on any atom is 0.162 e. The molecular weight excluding hydrogens is 445 g/mol. The Labute approximate surface area is 205 Å². The van der Waals surface area contributed by atoms with E-state index >= 15 is 0 Å². The van der Waals surface area contributed by atoms with E-state index in [1.165, 1.54) is 6.07 Å². The maximum absolute atomic E-state index is 14.9. The molecule has 0 spiro atoms. The summed E-state index contributed by atoms with van der Waals surface area (Å²) in [6.45, 7) is 2.68. The molecule has 0 aromatic heterocycles. The minimum atomic E-state index is -0.712. The third kappa shape index (κ3) is 5.38. The number of rotatable bonds is 7. The summed E-state index contributed by atoms with van der Waals surface area (Å²) >= 11 is 0. The van der Waals surface area contributed by atoms with E-state index in [1.807, 2.05) is 37.3 Å². The first kappa shape index (κ1) is 23.9. The van der Waals surface area contributed by atoms with E-state index in [9.17, 15) is 13.2 Å². The first-order valence-electron chi connectivity index (χ1n) is 12.6. The van der Waals surface area contributed by atoms with Crippen LogP contribution < -0.4 is 0 Å². The van der Waals surface area contributed by atoms with Gasteiger partial charge in [-0.15, -0.1) is 0 Å². The molecular formula is C31H31F3O. The minimum absolute atomic E-state index is 0.0264. The molecule has 2 aliphatic rings. The molecule has 1 aliphatic carbocycles. The smallest absolute Gasteiger partial charge is 0.162 e. The maximum atomic E-state index is 14.9. The molecule has 3 aromatic carbocycles. The van der Waals surface area contributed by atoms with Gasteiger partial charge in [0.25, 0.3) is 0 Å². The Balaban J connectivity index is 1.22. The van der Waals surface area contributed by atoms with Crippen molar-refractivity contribution >= 4 is 0 Å². The molecule has 3 aromatic rings. The van der Waals surface area contributed by atoms with Crippen molar-refractivity contribution in [2.45, 2.75) is 57.5 Å². The second kappa shape index (κ2) is 10.4. The molecule has 1 unspecified atom stereocenters. The fourth-order valence-corrected chi connectivity index (χ4v) is 5.34. The van der Waals surface area contributed by atoms with Crippen LogP contribution in [0.25, 0.3) is 11.1 Å². The normalized spacial score (nSPS) is 22.0. The van der Waals surface area contributed by atoms with E-state index in [1.54, 1.807) is 18.2 Å². The third-order valence-electron chi connectivity index (χ3n) is 7.51. The lowest BCUT2D eigenvalue weighted by atomic mass is 9.78. The molecule has 0 radical (unpaired) electrons. The molecule has 4 heteroatoms. The van der Waals surface area contributed by atoms with Crippen LogP contribution >= 0.6 is 0 Å². The number of epoxide rings is 1. The van der Waals surface area contributed by atoms with Gasteiger partial charge in [-0.25, -0.2) is 13.2 Å². The molecule has 0 N–H and O–H groups in total.